The first-order valence-corrected chi connectivity index (χ1v) is 9.87. The average molecular weight is 356 g/mol. The van der Waals surface area contributed by atoms with Gasteiger partial charge in [0.2, 0.25) is 12.7 Å². The first-order chi connectivity index (χ1) is 12.8. The molecular weight excluding hydrogens is 328 g/mol. The molecule has 1 N–H and O–H groups in total. The number of hydrogen-bond acceptors (Lipinski definition) is 4. The third-order valence-corrected chi connectivity index (χ3v) is 5.88. The lowest BCUT2D eigenvalue weighted by Crippen LogP contribution is -2.42. The van der Waals surface area contributed by atoms with Crippen LogP contribution in [0, 0.1) is 5.92 Å². The van der Waals surface area contributed by atoms with Crippen molar-refractivity contribution in [3.63, 3.8) is 0 Å². The Morgan fingerprint density at radius 2 is 1.88 bits per heavy atom. The number of amides is 1. The van der Waals surface area contributed by atoms with Crippen molar-refractivity contribution in [1.82, 2.24) is 10.2 Å². The fourth-order valence-corrected chi connectivity index (χ4v) is 4.28. The van der Waals surface area contributed by atoms with Gasteiger partial charge in [-0.15, -0.1) is 0 Å². The second kappa shape index (κ2) is 8.12. The summed E-state index contributed by atoms with van der Waals surface area (Å²) >= 11 is 0. The summed E-state index contributed by atoms with van der Waals surface area (Å²) in [6.07, 6.45) is 11.4. The molecule has 2 heterocycles. The zero-order valence-corrected chi connectivity index (χ0v) is 15.3. The number of hydrogen-bond donors (Lipinski definition) is 1. The molecule has 1 amide bonds. The second-order valence-electron chi connectivity index (χ2n) is 7.61. The second-order valence-corrected chi connectivity index (χ2v) is 7.61. The van der Waals surface area contributed by atoms with Gasteiger partial charge in [-0.3, -0.25) is 4.79 Å². The highest BCUT2D eigenvalue weighted by atomic mass is 16.7. The fourth-order valence-electron chi connectivity index (χ4n) is 4.28. The Bertz CT molecular complexity index is 659. The van der Waals surface area contributed by atoms with E-state index in [1.807, 2.05) is 24.3 Å². The van der Waals surface area contributed by atoms with E-state index in [4.69, 9.17) is 9.47 Å². The van der Waals surface area contributed by atoms with Crippen LogP contribution in [0.2, 0.25) is 0 Å². The summed E-state index contributed by atoms with van der Waals surface area (Å²) in [5.74, 6) is 2.08. The molecule has 0 radical (unpaired) electrons. The summed E-state index contributed by atoms with van der Waals surface area (Å²) in [7, 11) is 0. The summed E-state index contributed by atoms with van der Waals surface area (Å²) in [6.45, 7) is 3.43. The van der Waals surface area contributed by atoms with E-state index >= 15 is 0 Å². The van der Waals surface area contributed by atoms with Gasteiger partial charge >= 0.3 is 0 Å². The zero-order valence-electron chi connectivity index (χ0n) is 15.3. The molecule has 1 aromatic rings. The molecule has 2 fully saturated rings. The van der Waals surface area contributed by atoms with E-state index in [2.05, 4.69) is 10.2 Å². The van der Waals surface area contributed by atoms with E-state index in [-0.39, 0.29) is 12.7 Å². The molecule has 0 aromatic heterocycles. The van der Waals surface area contributed by atoms with Gasteiger partial charge in [-0.2, -0.15) is 0 Å². The molecule has 140 valence electrons. The van der Waals surface area contributed by atoms with Crippen molar-refractivity contribution >= 4 is 12.0 Å². The Morgan fingerprint density at radius 3 is 2.69 bits per heavy atom. The molecule has 4 rings (SSSR count). The maximum atomic E-state index is 12.1. The van der Waals surface area contributed by atoms with Crippen molar-refractivity contribution in [2.75, 3.05) is 26.4 Å². The Morgan fingerprint density at radius 1 is 1.12 bits per heavy atom. The van der Waals surface area contributed by atoms with Crippen LogP contribution < -0.4 is 14.8 Å². The molecule has 2 aliphatic heterocycles. The van der Waals surface area contributed by atoms with Gasteiger partial charge in [0.25, 0.3) is 0 Å². The maximum Gasteiger partial charge on any atom is 0.244 e. The van der Waals surface area contributed by atoms with E-state index in [0.717, 1.165) is 29.6 Å². The minimum Gasteiger partial charge on any atom is -0.454 e. The van der Waals surface area contributed by atoms with Crippen molar-refractivity contribution in [2.24, 2.45) is 5.92 Å². The summed E-state index contributed by atoms with van der Waals surface area (Å²) in [5, 5.41) is 3.06. The van der Waals surface area contributed by atoms with Crippen molar-refractivity contribution in [2.45, 2.75) is 44.6 Å². The third-order valence-electron chi connectivity index (χ3n) is 5.88. The molecule has 1 saturated carbocycles. The predicted molar refractivity (Wildman–Crippen MR) is 101 cm³/mol. The maximum absolute atomic E-state index is 12.1. The van der Waals surface area contributed by atoms with E-state index in [0.29, 0.717) is 5.92 Å². The topological polar surface area (TPSA) is 50.8 Å². The SMILES string of the molecule is O=C(/C=C/c1ccc2c(c1)OCO2)NCC1CCN(C2CCCC2)CC1. The number of likely N-dealkylation sites (tertiary alicyclic amines) is 1. The average Bonchev–Trinajstić information content (AvgIpc) is 3.36. The number of ether oxygens (including phenoxy) is 2. The summed E-state index contributed by atoms with van der Waals surface area (Å²) < 4.78 is 10.7. The highest BCUT2D eigenvalue weighted by Crippen LogP contribution is 2.32. The normalized spacial score (nSPS) is 21.5. The number of nitrogens with one attached hydrogen (secondary N) is 1. The highest BCUT2D eigenvalue weighted by Gasteiger charge is 2.27. The number of fused-ring (bicyclic) bond motifs is 1. The lowest BCUT2D eigenvalue weighted by atomic mass is 9.95. The molecule has 26 heavy (non-hydrogen) atoms. The standard InChI is InChI=1S/C21H28N2O3/c24-21(8-6-16-5-7-19-20(13-16)26-15-25-19)22-14-17-9-11-23(12-10-17)18-3-1-2-4-18/h5-8,13,17-18H,1-4,9-12,14-15H2,(H,22,24)/b8-6+. The van der Waals surface area contributed by atoms with Gasteiger partial charge < -0.3 is 19.7 Å². The third kappa shape index (κ3) is 4.21. The van der Waals surface area contributed by atoms with Crippen LogP contribution in [0.3, 0.4) is 0 Å². The monoisotopic (exact) mass is 356 g/mol. The number of piperidine rings is 1. The van der Waals surface area contributed by atoms with Gasteiger partial charge in [0.05, 0.1) is 0 Å². The smallest absolute Gasteiger partial charge is 0.244 e. The lowest BCUT2D eigenvalue weighted by molar-refractivity contribution is -0.116. The largest absolute Gasteiger partial charge is 0.454 e. The first-order valence-electron chi connectivity index (χ1n) is 9.87. The van der Waals surface area contributed by atoms with E-state index < -0.39 is 0 Å². The van der Waals surface area contributed by atoms with Crippen LogP contribution in [0.25, 0.3) is 6.08 Å². The van der Waals surface area contributed by atoms with E-state index in [1.54, 1.807) is 6.08 Å². The zero-order chi connectivity index (χ0) is 17.8. The summed E-state index contributed by atoms with van der Waals surface area (Å²) in [6, 6.07) is 6.52. The number of benzene rings is 1. The minimum atomic E-state index is -0.0270. The highest BCUT2D eigenvalue weighted by molar-refractivity contribution is 5.91. The van der Waals surface area contributed by atoms with Crippen LogP contribution >= 0.6 is 0 Å². The van der Waals surface area contributed by atoms with E-state index in [9.17, 15) is 4.79 Å². The number of rotatable bonds is 5. The molecule has 0 unspecified atom stereocenters. The van der Waals surface area contributed by atoms with Crippen molar-refractivity contribution < 1.29 is 14.3 Å². The van der Waals surface area contributed by atoms with Gasteiger partial charge in [0, 0.05) is 18.7 Å². The van der Waals surface area contributed by atoms with Crippen molar-refractivity contribution in [3.8, 4) is 11.5 Å². The van der Waals surface area contributed by atoms with Gasteiger partial charge in [-0.1, -0.05) is 18.9 Å². The van der Waals surface area contributed by atoms with Gasteiger partial charge in [-0.25, -0.2) is 0 Å². The molecule has 0 bridgehead atoms. The molecule has 5 nitrogen and oxygen atoms in total. The quantitative estimate of drug-likeness (QED) is 0.823. The Hall–Kier alpha value is -2.01. The minimum absolute atomic E-state index is 0.0270. The Balaban J connectivity index is 1.19. The molecule has 1 aliphatic carbocycles. The van der Waals surface area contributed by atoms with Crippen LogP contribution in [-0.2, 0) is 4.79 Å². The van der Waals surface area contributed by atoms with E-state index in [1.165, 1.54) is 51.6 Å². The van der Waals surface area contributed by atoms with Crippen LogP contribution in [0.4, 0.5) is 0 Å². The molecule has 3 aliphatic rings. The molecule has 1 aromatic carbocycles. The number of nitrogens with zero attached hydrogens (tertiary/aromatic N) is 1. The molecule has 5 heteroatoms. The van der Waals surface area contributed by atoms with Gasteiger partial charge in [0.1, 0.15) is 0 Å². The fraction of sp³-hybridized carbons (Fsp3) is 0.571. The summed E-state index contributed by atoms with van der Waals surface area (Å²) in [5.41, 5.74) is 0.939. The molecule has 1 saturated heterocycles. The van der Waals surface area contributed by atoms with Crippen molar-refractivity contribution in [1.29, 1.82) is 0 Å². The first kappa shape index (κ1) is 17.4. The van der Waals surface area contributed by atoms with Crippen molar-refractivity contribution in [3.05, 3.63) is 29.8 Å². The number of carbonyl (C=O) groups is 1. The van der Waals surface area contributed by atoms with Crippen LogP contribution in [0.1, 0.15) is 44.1 Å². The molecule has 0 atom stereocenters. The Kier molecular flexibility index (Phi) is 5.44. The van der Waals surface area contributed by atoms with Gasteiger partial charge in [-0.05, 0) is 68.5 Å². The lowest BCUT2D eigenvalue weighted by Gasteiger charge is -2.36. The van der Waals surface area contributed by atoms with Gasteiger partial charge in [0.15, 0.2) is 11.5 Å². The Labute approximate surface area is 155 Å². The number of carbonyl (C=O) groups excluding carboxylic acids is 1. The molecule has 0 spiro atoms. The summed E-state index contributed by atoms with van der Waals surface area (Å²) in [4.78, 5) is 14.8. The van der Waals surface area contributed by atoms with Crippen LogP contribution in [0.15, 0.2) is 24.3 Å². The van der Waals surface area contributed by atoms with Crippen LogP contribution in [0.5, 0.6) is 11.5 Å². The molecular formula is C21H28N2O3. The van der Waals surface area contributed by atoms with Crippen LogP contribution in [-0.4, -0.2) is 43.3 Å². The predicted octanol–water partition coefficient (Wildman–Crippen LogP) is 3.20.